The fraction of sp³-hybridized carbons (Fsp3) is 0.500. The Kier molecular flexibility index (Phi) is 39.5. The third-order valence-corrected chi connectivity index (χ3v) is 1.81. The summed E-state index contributed by atoms with van der Waals surface area (Å²) in [6, 6.07) is 0. The first-order valence-electron chi connectivity index (χ1n) is 2.49. The summed E-state index contributed by atoms with van der Waals surface area (Å²) in [6.07, 6.45) is 0. The van der Waals surface area contributed by atoms with E-state index in [1.165, 1.54) is 0 Å². The number of aliphatic carboxylic acids is 2. The van der Waals surface area contributed by atoms with E-state index in [1.54, 1.807) is 0 Å². The van der Waals surface area contributed by atoms with Gasteiger partial charge in [0, 0.05) is 0 Å². The molecule has 15 heavy (non-hydrogen) atoms. The maximum absolute atomic E-state index is 9.81. The van der Waals surface area contributed by atoms with Crippen LogP contribution in [-0.2, 0) is 15.6 Å². The average molecular weight is 348 g/mol. The number of rotatable bonds is 6. The van der Waals surface area contributed by atoms with Gasteiger partial charge in [-0.2, -0.15) is 0 Å². The van der Waals surface area contributed by atoms with E-state index < -0.39 is 47.6 Å². The molecule has 0 unspecified atom stereocenters. The fourth-order valence-corrected chi connectivity index (χ4v) is 1.33. The molecule has 0 aromatic heterocycles. The van der Waals surface area contributed by atoms with Gasteiger partial charge in [0.15, 0.2) is 0 Å². The predicted molar refractivity (Wildman–Crippen MR) is 41.1 cm³/mol. The molecule has 1 radical (unpaired) electrons. The van der Waals surface area contributed by atoms with E-state index in [0.29, 0.717) is 0 Å². The van der Waals surface area contributed by atoms with Crippen LogP contribution in [0.5, 0.6) is 0 Å². The maximum atomic E-state index is 9.81. The molecular formula is C4H11NaO9Sb. The molecule has 7 N–H and O–H groups in total. The van der Waals surface area contributed by atoms with Crippen LogP contribution in [0.25, 0.3) is 0 Å². The minimum atomic E-state index is -1.57. The van der Waals surface area contributed by atoms with Crippen LogP contribution >= 0.6 is 0 Å². The molecule has 0 rings (SSSR count). The molecule has 0 heterocycles. The number of hydrogen-bond donors (Lipinski definition) is 1. The van der Waals surface area contributed by atoms with Crippen LogP contribution in [0.15, 0.2) is 0 Å². The van der Waals surface area contributed by atoms with Gasteiger partial charge in [-0.15, -0.1) is 0 Å². The van der Waals surface area contributed by atoms with Crippen molar-refractivity contribution < 1.29 is 71.8 Å². The second-order valence-corrected chi connectivity index (χ2v) is 3.29. The molecule has 0 spiro atoms. The Morgan fingerprint density at radius 2 is 1.53 bits per heavy atom. The van der Waals surface area contributed by atoms with Crippen LogP contribution in [0.1, 0.15) is 0 Å². The molecule has 0 bridgehead atoms. The van der Waals surface area contributed by atoms with Crippen molar-refractivity contribution in [1.29, 1.82) is 0 Å². The molecule has 87 valence electrons. The zero-order valence-corrected chi connectivity index (χ0v) is 12.4. The van der Waals surface area contributed by atoms with E-state index in [4.69, 9.17) is 5.11 Å². The van der Waals surface area contributed by atoms with Crippen LogP contribution in [0, 0.1) is 0 Å². The van der Waals surface area contributed by atoms with E-state index in [1.807, 2.05) is 0 Å². The Morgan fingerprint density at radius 3 is 1.87 bits per heavy atom. The van der Waals surface area contributed by atoms with Crippen molar-refractivity contribution in [1.82, 2.24) is 0 Å². The summed E-state index contributed by atoms with van der Waals surface area (Å²) < 4.78 is 8.93. The second-order valence-electron chi connectivity index (χ2n) is 1.39. The van der Waals surface area contributed by atoms with Crippen LogP contribution in [0.3, 0.4) is 0 Å². The Bertz CT molecular complexity index is 137. The number of carbonyl (C=O) groups excluding carboxylic acids is 1. The van der Waals surface area contributed by atoms with Crippen molar-refractivity contribution in [2.45, 2.75) is 0 Å². The molecule has 0 aromatic carbocycles. The van der Waals surface area contributed by atoms with E-state index in [-0.39, 0.29) is 46.0 Å². The van der Waals surface area contributed by atoms with Gasteiger partial charge in [-0.05, 0) is 0 Å². The van der Waals surface area contributed by atoms with Gasteiger partial charge >= 0.3 is 103 Å². The van der Waals surface area contributed by atoms with Gasteiger partial charge in [0.25, 0.3) is 0 Å². The van der Waals surface area contributed by atoms with Gasteiger partial charge in [0.1, 0.15) is 0 Å². The molecular weight excluding hydrogens is 337 g/mol. The van der Waals surface area contributed by atoms with Crippen molar-refractivity contribution in [2.75, 3.05) is 13.2 Å². The summed E-state index contributed by atoms with van der Waals surface area (Å²) in [5, 5.41) is 17.7. The quantitative estimate of drug-likeness (QED) is 0.366. The molecule has 0 aromatic rings. The smallest absolute Gasteiger partial charge is 1.00 e. The minimum Gasteiger partial charge on any atom is 1.00 e. The van der Waals surface area contributed by atoms with Crippen LogP contribution in [-0.4, -0.2) is 69.1 Å². The summed E-state index contributed by atoms with van der Waals surface area (Å²) in [5.41, 5.74) is 0. The first-order valence-corrected chi connectivity index (χ1v) is 4.57. The third-order valence-electron chi connectivity index (χ3n) is 0.476. The van der Waals surface area contributed by atoms with E-state index in [2.05, 4.69) is 6.03 Å². The summed E-state index contributed by atoms with van der Waals surface area (Å²) in [7, 11) is 0. The first-order chi connectivity index (χ1) is 5.13. The van der Waals surface area contributed by atoms with Gasteiger partial charge in [-0.1, -0.05) is 0 Å². The summed E-state index contributed by atoms with van der Waals surface area (Å²) in [4.78, 5) is 19.5. The van der Waals surface area contributed by atoms with Gasteiger partial charge in [-0.25, -0.2) is 0 Å². The first kappa shape index (κ1) is 29.6. The van der Waals surface area contributed by atoms with E-state index in [9.17, 15) is 14.7 Å². The van der Waals surface area contributed by atoms with Crippen molar-refractivity contribution in [3.05, 3.63) is 0 Å². The van der Waals surface area contributed by atoms with Crippen molar-refractivity contribution in [3.8, 4) is 0 Å². The summed E-state index contributed by atoms with van der Waals surface area (Å²) in [6.45, 7) is -0.971. The van der Waals surface area contributed by atoms with E-state index in [0.717, 1.165) is 0 Å². The number of carboxylic acid groups (broad SMARTS) is 2. The predicted octanol–water partition coefficient (Wildman–Crippen LogP) is -8.08. The van der Waals surface area contributed by atoms with Gasteiger partial charge < -0.3 is 16.4 Å². The Balaban J connectivity index is -0.0000000833. The molecule has 0 amide bonds. The average Bonchev–Trinajstić information content (AvgIpc) is 1.85. The zero-order valence-electron chi connectivity index (χ0n) is 7.85. The molecule has 0 saturated carbocycles. The van der Waals surface area contributed by atoms with Crippen LogP contribution in [0.4, 0.5) is 0 Å². The van der Waals surface area contributed by atoms with Crippen LogP contribution < -0.4 is 34.7 Å². The number of carboxylic acids is 2. The maximum Gasteiger partial charge on any atom is 1.00 e. The van der Waals surface area contributed by atoms with Gasteiger partial charge in [0.05, 0.1) is 0 Å². The molecule has 0 aliphatic carbocycles. The third kappa shape index (κ3) is 31.3. The van der Waals surface area contributed by atoms with Gasteiger partial charge in [-0.3, -0.25) is 0 Å². The van der Waals surface area contributed by atoms with Crippen LogP contribution in [0.2, 0.25) is 0 Å². The topological polar surface area (TPSA) is 190 Å². The Hall–Kier alpha value is 0.558. The molecule has 0 aliphatic heterocycles. The second kappa shape index (κ2) is 20.0. The molecule has 0 fully saturated rings. The van der Waals surface area contributed by atoms with Crippen molar-refractivity contribution >= 4 is 34.4 Å². The van der Waals surface area contributed by atoms with Crippen molar-refractivity contribution in [2.24, 2.45) is 0 Å². The van der Waals surface area contributed by atoms with E-state index >= 15 is 0 Å². The minimum absolute atomic E-state index is 0. The summed E-state index contributed by atoms with van der Waals surface area (Å²) in [5.74, 6) is -2.43. The molecule has 11 heteroatoms. The number of carbonyl (C=O) groups is 2. The fourth-order valence-electron chi connectivity index (χ4n) is 0.198. The Morgan fingerprint density at radius 1 is 1.13 bits per heavy atom. The van der Waals surface area contributed by atoms with Crippen molar-refractivity contribution in [3.63, 3.8) is 0 Å². The standard InChI is InChI=1S/2C2H3O3.Na.3H2O.Sb/c2*3-1-2(4)5;;;;;/h2*1H2,(H,4,5);;3*1H2;/q2*-1;+1;;;;+2/p-1. The molecule has 0 saturated heterocycles. The summed E-state index contributed by atoms with van der Waals surface area (Å²) >= 11 is -1.57. The van der Waals surface area contributed by atoms with Gasteiger partial charge in [0.2, 0.25) is 0 Å². The normalized spacial score (nSPS) is 6.93. The molecule has 9 nitrogen and oxygen atoms in total. The number of hydrogen-bond acceptors (Lipinski definition) is 5. The largest absolute Gasteiger partial charge is 1.00 e. The monoisotopic (exact) mass is 347 g/mol. The molecule has 0 atom stereocenters. The zero-order chi connectivity index (χ0) is 8.69. The Labute approximate surface area is 119 Å². The molecule has 0 aliphatic rings. The SMILES string of the molecule is O.O.O.O=C([O-])C[O][Sb][O]CC(=O)O.[Na+].